The largest absolute Gasteiger partial charge is 0.398 e. The molecule has 0 amide bonds. The molecule has 0 saturated heterocycles. The molecule has 0 spiro atoms. The molecule has 1 heterocycles. The molecule has 3 N–H and O–H groups in total. The van der Waals surface area contributed by atoms with E-state index in [2.05, 4.69) is 0 Å². The van der Waals surface area contributed by atoms with Crippen molar-refractivity contribution in [1.29, 1.82) is 0 Å². The summed E-state index contributed by atoms with van der Waals surface area (Å²) in [7, 11) is 0. The van der Waals surface area contributed by atoms with Gasteiger partial charge in [-0.1, -0.05) is 0 Å². The van der Waals surface area contributed by atoms with E-state index in [4.69, 9.17) is 5.73 Å². The normalized spacial score (nSPS) is 24.2. The van der Waals surface area contributed by atoms with Crippen LogP contribution in [0.4, 0.5) is 0 Å². The molecular formula is C8H14N2O. The Morgan fingerprint density at radius 1 is 1.64 bits per heavy atom. The van der Waals surface area contributed by atoms with Gasteiger partial charge in [-0.3, -0.25) is 0 Å². The third-order valence-corrected chi connectivity index (χ3v) is 1.72. The first kappa shape index (κ1) is 8.14. The molecule has 3 heteroatoms. The van der Waals surface area contributed by atoms with Crippen LogP contribution in [0.15, 0.2) is 24.0 Å². The number of rotatable bonds is 1. The Labute approximate surface area is 66.8 Å². The topological polar surface area (TPSA) is 49.5 Å². The van der Waals surface area contributed by atoms with Crippen LogP contribution in [-0.2, 0) is 0 Å². The predicted octanol–water partition coefficient (Wildman–Crippen LogP) is 0.385. The van der Waals surface area contributed by atoms with E-state index >= 15 is 0 Å². The molecule has 0 aromatic rings. The molecule has 0 aromatic heterocycles. The molecule has 11 heavy (non-hydrogen) atoms. The minimum atomic E-state index is -0.653. The zero-order chi connectivity index (χ0) is 8.43. The average molecular weight is 154 g/mol. The summed E-state index contributed by atoms with van der Waals surface area (Å²) < 4.78 is 0. The van der Waals surface area contributed by atoms with E-state index in [9.17, 15) is 5.11 Å². The molecule has 1 aliphatic heterocycles. The first-order valence-electron chi connectivity index (χ1n) is 3.72. The van der Waals surface area contributed by atoms with Gasteiger partial charge < -0.3 is 15.7 Å². The van der Waals surface area contributed by atoms with Gasteiger partial charge in [0, 0.05) is 12.2 Å². The van der Waals surface area contributed by atoms with E-state index in [1.54, 1.807) is 11.0 Å². The molecule has 0 saturated carbocycles. The Morgan fingerprint density at radius 2 is 2.27 bits per heavy atom. The first-order chi connectivity index (χ1) is 5.13. The maximum atomic E-state index is 9.49. The summed E-state index contributed by atoms with van der Waals surface area (Å²) in [5, 5.41) is 9.49. The van der Waals surface area contributed by atoms with E-state index < -0.39 is 6.23 Å². The number of nitrogens with two attached hydrogens (primary N) is 1. The highest BCUT2D eigenvalue weighted by Gasteiger charge is 2.18. The zero-order valence-corrected chi connectivity index (χ0v) is 6.86. The van der Waals surface area contributed by atoms with Crippen molar-refractivity contribution in [2.24, 2.45) is 5.73 Å². The van der Waals surface area contributed by atoms with Crippen molar-refractivity contribution < 1.29 is 5.11 Å². The summed E-state index contributed by atoms with van der Waals surface area (Å²) in [6, 6.07) is 0.272. The van der Waals surface area contributed by atoms with E-state index in [1.807, 2.05) is 26.1 Å². The highest BCUT2D eigenvalue weighted by molar-refractivity contribution is 5.18. The Balaban J connectivity index is 2.73. The third kappa shape index (κ3) is 1.54. The minimum absolute atomic E-state index is 0.272. The van der Waals surface area contributed by atoms with Crippen LogP contribution in [0.2, 0.25) is 0 Å². The SMILES string of the molecule is CC(C)N1C=CC=C(N)C1O. The van der Waals surface area contributed by atoms with Gasteiger partial charge in [0.1, 0.15) is 0 Å². The molecule has 62 valence electrons. The second-order valence-corrected chi connectivity index (χ2v) is 2.92. The maximum Gasteiger partial charge on any atom is 0.167 e. The smallest absolute Gasteiger partial charge is 0.167 e. The summed E-state index contributed by atoms with van der Waals surface area (Å²) in [5.74, 6) is 0. The van der Waals surface area contributed by atoms with E-state index in [0.717, 1.165) is 0 Å². The number of aliphatic hydroxyl groups excluding tert-OH is 1. The van der Waals surface area contributed by atoms with Gasteiger partial charge >= 0.3 is 0 Å². The van der Waals surface area contributed by atoms with Gasteiger partial charge in [0.15, 0.2) is 6.23 Å². The fraction of sp³-hybridized carbons (Fsp3) is 0.500. The van der Waals surface area contributed by atoms with Crippen LogP contribution >= 0.6 is 0 Å². The van der Waals surface area contributed by atoms with E-state index in [0.29, 0.717) is 5.70 Å². The van der Waals surface area contributed by atoms with Gasteiger partial charge in [-0.05, 0) is 26.0 Å². The Morgan fingerprint density at radius 3 is 2.73 bits per heavy atom. The molecule has 1 rings (SSSR count). The van der Waals surface area contributed by atoms with Crippen molar-refractivity contribution in [3.63, 3.8) is 0 Å². The maximum absolute atomic E-state index is 9.49. The van der Waals surface area contributed by atoms with E-state index in [1.165, 1.54) is 0 Å². The Hall–Kier alpha value is -0.960. The second-order valence-electron chi connectivity index (χ2n) is 2.92. The molecule has 0 aromatic carbocycles. The third-order valence-electron chi connectivity index (χ3n) is 1.72. The predicted molar refractivity (Wildman–Crippen MR) is 44.4 cm³/mol. The molecule has 1 unspecified atom stereocenters. The number of hydrogen-bond donors (Lipinski definition) is 2. The van der Waals surface area contributed by atoms with Gasteiger partial charge in [-0.25, -0.2) is 0 Å². The zero-order valence-electron chi connectivity index (χ0n) is 6.86. The molecular weight excluding hydrogens is 140 g/mol. The van der Waals surface area contributed by atoms with Crippen molar-refractivity contribution in [2.75, 3.05) is 0 Å². The van der Waals surface area contributed by atoms with Crippen LogP contribution in [0.3, 0.4) is 0 Å². The molecule has 1 aliphatic rings. The van der Waals surface area contributed by atoms with Gasteiger partial charge in [0.25, 0.3) is 0 Å². The lowest BCUT2D eigenvalue weighted by atomic mass is 10.2. The molecule has 0 bridgehead atoms. The van der Waals surface area contributed by atoms with Crippen LogP contribution in [0.25, 0.3) is 0 Å². The van der Waals surface area contributed by atoms with Crippen LogP contribution in [0, 0.1) is 0 Å². The van der Waals surface area contributed by atoms with Crippen LogP contribution in [0.5, 0.6) is 0 Å². The summed E-state index contributed by atoms with van der Waals surface area (Å²) in [6.45, 7) is 4.01. The van der Waals surface area contributed by atoms with E-state index in [-0.39, 0.29) is 6.04 Å². The Bertz CT molecular complexity index is 196. The molecule has 0 radical (unpaired) electrons. The molecule has 1 atom stereocenters. The highest BCUT2D eigenvalue weighted by Crippen LogP contribution is 2.12. The van der Waals surface area contributed by atoms with Crippen molar-refractivity contribution in [2.45, 2.75) is 26.1 Å². The monoisotopic (exact) mass is 154 g/mol. The number of nitrogens with zero attached hydrogens (tertiary/aromatic N) is 1. The summed E-state index contributed by atoms with van der Waals surface area (Å²) >= 11 is 0. The van der Waals surface area contributed by atoms with Gasteiger partial charge in [-0.15, -0.1) is 0 Å². The van der Waals surface area contributed by atoms with Crippen LogP contribution in [0.1, 0.15) is 13.8 Å². The lowest BCUT2D eigenvalue weighted by Crippen LogP contribution is -2.40. The number of aliphatic hydroxyl groups is 1. The fourth-order valence-corrected chi connectivity index (χ4v) is 1.05. The lowest BCUT2D eigenvalue weighted by molar-refractivity contribution is 0.0456. The van der Waals surface area contributed by atoms with Gasteiger partial charge in [-0.2, -0.15) is 0 Å². The second kappa shape index (κ2) is 2.96. The van der Waals surface area contributed by atoms with Crippen molar-refractivity contribution in [1.82, 2.24) is 4.90 Å². The van der Waals surface area contributed by atoms with Crippen LogP contribution in [-0.4, -0.2) is 22.3 Å². The molecule has 3 nitrogen and oxygen atoms in total. The molecule has 0 fully saturated rings. The van der Waals surface area contributed by atoms with Crippen molar-refractivity contribution in [3.05, 3.63) is 24.0 Å². The number of allylic oxidation sites excluding steroid dienone is 2. The van der Waals surface area contributed by atoms with Gasteiger partial charge in [0.05, 0.1) is 5.70 Å². The Kier molecular flexibility index (Phi) is 2.19. The van der Waals surface area contributed by atoms with Crippen LogP contribution < -0.4 is 5.73 Å². The summed E-state index contributed by atoms with van der Waals surface area (Å²) in [5.41, 5.74) is 6.03. The average Bonchev–Trinajstić information content (AvgIpc) is 1.94. The summed E-state index contributed by atoms with van der Waals surface area (Å²) in [4.78, 5) is 1.80. The van der Waals surface area contributed by atoms with Crippen molar-refractivity contribution in [3.8, 4) is 0 Å². The van der Waals surface area contributed by atoms with Crippen molar-refractivity contribution >= 4 is 0 Å². The lowest BCUT2D eigenvalue weighted by Gasteiger charge is -2.32. The summed E-state index contributed by atoms with van der Waals surface area (Å²) in [6.07, 6.45) is 4.73. The standard InChI is InChI=1S/C8H14N2O/c1-6(2)10-5-3-4-7(9)8(10)11/h3-6,8,11H,9H2,1-2H3. The van der Waals surface area contributed by atoms with Gasteiger partial charge in [0.2, 0.25) is 0 Å². The highest BCUT2D eigenvalue weighted by atomic mass is 16.3. The quantitative estimate of drug-likeness (QED) is 0.574. The fourth-order valence-electron chi connectivity index (χ4n) is 1.05. The molecule has 0 aliphatic carbocycles. The number of hydrogen-bond acceptors (Lipinski definition) is 3. The first-order valence-corrected chi connectivity index (χ1v) is 3.72. The minimum Gasteiger partial charge on any atom is -0.398 e.